The smallest absolute Gasteiger partial charge is 0.361 e. The molecular formula is C88H144NO8+. The first-order chi connectivity index (χ1) is 47.6. The van der Waals surface area contributed by atoms with Gasteiger partial charge in [0, 0.05) is 12.8 Å². The maximum atomic E-state index is 13.0. The van der Waals surface area contributed by atoms with Gasteiger partial charge >= 0.3 is 17.9 Å². The standard InChI is InChI=1S/C88H143NO8/c1-6-8-10-12-14-16-18-20-22-24-26-28-30-32-34-36-38-39-40-41-42-43-44-45-46-47-49-50-52-54-56-58-60-62-64-66-68-70-72-74-76-78-85(90)95-82-84(83-96-88(87(92)93)94-81-80-89(3,4)5)97-86(91)79-77-75-73-71-69-67-65-63-61-59-57-55-53-51-48-37-35-33-31-29-27-25-23-21-19-17-15-13-11-9-7-2/h8-11,14-17,20-23,26-29,32-35,38-39,41-42,48,51,55,57,61,63,84,88H,6-7,12-13,18-19,24-25,30-31,36-37,40,43-47,49-50,52-54,56,58-60,62,64-83H2,1-5H3/p+1/b10-8-,11-9-,16-14-,17-15-,22-20-,23-21-,28-26-,29-27-,34-32-,35-33-,39-38-,42-41-,51-48-,57-55-,63-61-. The van der Waals surface area contributed by atoms with E-state index in [1.165, 1.54) is 109 Å². The maximum Gasteiger partial charge on any atom is 0.361 e. The van der Waals surface area contributed by atoms with Gasteiger partial charge in [-0.1, -0.05) is 331 Å². The fraction of sp³-hybridized carbons (Fsp3) is 0.625. The van der Waals surface area contributed by atoms with E-state index in [2.05, 4.69) is 196 Å². The van der Waals surface area contributed by atoms with Gasteiger partial charge in [-0.25, -0.2) is 4.79 Å². The number of likely N-dealkylation sites (N-methyl/N-ethyl adjacent to an activating group) is 1. The lowest BCUT2D eigenvalue weighted by atomic mass is 10.0. The average molecular weight is 1340 g/mol. The Morgan fingerprint density at radius 3 is 0.825 bits per heavy atom. The minimum absolute atomic E-state index is 0.177. The van der Waals surface area contributed by atoms with E-state index < -0.39 is 24.3 Å². The molecule has 0 saturated carbocycles. The summed E-state index contributed by atoms with van der Waals surface area (Å²) in [5.41, 5.74) is 0. The average Bonchev–Trinajstić information content (AvgIpc) is 2.39. The Balaban J connectivity index is 4.10. The molecule has 1 N–H and O–H groups in total. The van der Waals surface area contributed by atoms with Crippen molar-refractivity contribution >= 4 is 17.9 Å². The Morgan fingerprint density at radius 1 is 0.309 bits per heavy atom. The molecule has 0 heterocycles. The highest BCUT2D eigenvalue weighted by atomic mass is 16.7. The van der Waals surface area contributed by atoms with E-state index in [-0.39, 0.29) is 32.2 Å². The molecule has 9 heteroatoms. The van der Waals surface area contributed by atoms with E-state index in [4.69, 9.17) is 18.9 Å². The number of aliphatic carboxylic acids is 1. The molecule has 0 aromatic heterocycles. The summed E-state index contributed by atoms with van der Waals surface area (Å²) in [7, 11) is 5.97. The molecule has 0 saturated heterocycles. The molecule has 0 rings (SSSR count). The maximum absolute atomic E-state index is 13.0. The normalized spacial score (nSPS) is 13.7. The van der Waals surface area contributed by atoms with Gasteiger partial charge in [-0.3, -0.25) is 9.59 Å². The molecule has 0 bridgehead atoms. The molecule has 0 radical (unpaired) electrons. The van der Waals surface area contributed by atoms with Crippen LogP contribution in [-0.4, -0.2) is 87.4 Å². The van der Waals surface area contributed by atoms with Crippen molar-refractivity contribution in [1.82, 2.24) is 0 Å². The van der Waals surface area contributed by atoms with E-state index in [1.807, 2.05) is 21.1 Å². The highest BCUT2D eigenvalue weighted by molar-refractivity contribution is 5.71. The Hall–Kier alpha value is -5.61. The van der Waals surface area contributed by atoms with Gasteiger partial charge in [0.15, 0.2) is 6.10 Å². The van der Waals surface area contributed by atoms with Crippen molar-refractivity contribution < 1.29 is 42.9 Å². The van der Waals surface area contributed by atoms with Crippen molar-refractivity contribution in [2.45, 2.75) is 309 Å². The highest BCUT2D eigenvalue weighted by Gasteiger charge is 2.25. The van der Waals surface area contributed by atoms with Gasteiger partial charge in [0.1, 0.15) is 13.2 Å². The molecule has 0 fully saturated rings. The van der Waals surface area contributed by atoms with E-state index >= 15 is 0 Å². The molecule has 2 unspecified atom stereocenters. The molecule has 97 heavy (non-hydrogen) atoms. The SMILES string of the molecule is CC/C=C\C/C=C\C/C=C\C/C=C\C/C=C\C/C=C\C/C=C\C/C=C\CCCCCCCCC(=O)OC(COC(=O)CCCCCCCCCCCCCCCCCCCCC/C=C\C/C=C\C/C=C\C/C=C\C/C=C\C/C=C\C/C=C\CC)COC(OCC[N+](C)(C)C)C(=O)O. The zero-order chi connectivity index (χ0) is 70.4. The first-order valence-corrected chi connectivity index (χ1v) is 38.9. The van der Waals surface area contributed by atoms with Crippen LogP contribution in [0.25, 0.3) is 0 Å². The van der Waals surface area contributed by atoms with Crippen molar-refractivity contribution in [3.63, 3.8) is 0 Å². The molecule has 0 spiro atoms. The molecule has 9 nitrogen and oxygen atoms in total. The topological polar surface area (TPSA) is 108 Å². The summed E-state index contributed by atoms with van der Waals surface area (Å²) in [4.78, 5) is 37.7. The molecular weight excluding hydrogens is 1200 g/mol. The van der Waals surface area contributed by atoms with Crippen molar-refractivity contribution in [1.29, 1.82) is 0 Å². The summed E-state index contributed by atoms with van der Waals surface area (Å²) >= 11 is 0. The van der Waals surface area contributed by atoms with Gasteiger partial charge < -0.3 is 28.5 Å². The Labute approximate surface area is 596 Å². The van der Waals surface area contributed by atoms with E-state index in [9.17, 15) is 19.5 Å². The summed E-state index contributed by atoms with van der Waals surface area (Å²) in [6.45, 7) is 4.63. The van der Waals surface area contributed by atoms with Crippen molar-refractivity contribution in [3.8, 4) is 0 Å². The fourth-order valence-corrected chi connectivity index (χ4v) is 10.3. The number of quaternary nitrogens is 1. The van der Waals surface area contributed by atoms with Crippen LogP contribution in [0.1, 0.15) is 296 Å². The lowest BCUT2D eigenvalue weighted by Crippen LogP contribution is -2.40. The monoisotopic (exact) mass is 1340 g/mol. The number of allylic oxidation sites excluding steroid dienone is 30. The largest absolute Gasteiger partial charge is 0.477 e. The van der Waals surface area contributed by atoms with Gasteiger partial charge in [-0.05, 0) is 135 Å². The lowest BCUT2D eigenvalue weighted by Gasteiger charge is -2.25. The van der Waals surface area contributed by atoms with Gasteiger partial charge in [0.05, 0.1) is 34.4 Å². The van der Waals surface area contributed by atoms with Gasteiger partial charge in [-0.15, -0.1) is 0 Å². The number of hydrogen-bond donors (Lipinski definition) is 1. The number of carbonyl (C=O) groups excluding carboxylic acids is 2. The summed E-state index contributed by atoms with van der Waals surface area (Å²) in [5.74, 6) is -2.03. The Kier molecular flexibility index (Phi) is 71.7. The molecule has 0 aromatic carbocycles. The van der Waals surface area contributed by atoms with E-state index in [0.29, 0.717) is 23.9 Å². The van der Waals surface area contributed by atoms with Crippen LogP contribution in [0.15, 0.2) is 182 Å². The number of esters is 2. The Bertz CT molecular complexity index is 2260. The number of hydrogen-bond acceptors (Lipinski definition) is 7. The Morgan fingerprint density at radius 2 is 0.557 bits per heavy atom. The third-order valence-electron chi connectivity index (χ3n) is 16.2. The molecule has 0 aliphatic heterocycles. The minimum Gasteiger partial charge on any atom is -0.477 e. The second-order valence-electron chi connectivity index (χ2n) is 26.6. The van der Waals surface area contributed by atoms with Crippen LogP contribution in [0, 0.1) is 0 Å². The number of carboxylic acid groups (broad SMARTS) is 1. The van der Waals surface area contributed by atoms with Gasteiger partial charge in [0.2, 0.25) is 0 Å². The third kappa shape index (κ3) is 77.6. The van der Waals surface area contributed by atoms with Crippen LogP contribution in [0.5, 0.6) is 0 Å². The summed E-state index contributed by atoms with van der Waals surface area (Å²) in [5, 5.41) is 9.77. The quantitative estimate of drug-likeness (QED) is 0.0211. The van der Waals surface area contributed by atoms with Crippen LogP contribution >= 0.6 is 0 Å². The van der Waals surface area contributed by atoms with Crippen LogP contribution in [0.4, 0.5) is 0 Å². The summed E-state index contributed by atoms with van der Waals surface area (Å²) in [6.07, 6.45) is 113. The summed E-state index contributed by atoms with van der Waals surface area (Å²) < 4.78 is 23.0. The van der Waals surface area contributed by atoms with E-state index in [1.54, 1.807) is 0 Å². The molecule has 0 aliphatic rings. The highest BCUT2D eigenvalue weighted by Crippen LogP contribution is 2.17. The van der Waals surface area contributed by atoms with Crippen molar-refractivity contribution in [2.24, 2.45) is 0 Å². The molecule has 0 aromatic rings. The van der Waals surface area contributed by atoms with Crippen LogP contribution < -0.4 is 0 Å². The number of carboxylic acids is 1. The molecule has 0 amide bonds. The number of nitrogens with zero attached hydrogens (tertiary/aromatic N) is 1. The number of carbonyl (C=O) groups is 3. The van der Waals surface area contributed by atoms with Gasteiger partial charge in [0.25, 0.3) is 6.29 Å². The predicted molar refractivity (Wildman–Crippen MR) is 419 cm³/mol. The second-order valence-corrected chi connectivity index (χ2v) is 26.6. The molecule has 0 aliphatic carbocycles. The second kappa shape index (κ2) is 76.1. The fourth-order valence-electron chi connectivity index (χ4n) is 10.3. The van der Waals surface area contributed by atoms with E-state index in [0.717, 1.165) is 154 Å². The number of rotatable bonds is 70. The number of unbranched alkanes of at least 4 members (excludes halogenated alkanes) is 25. The zero-order valence-electron chi connectivity index (χ0n) is 62.7. The third-order valence-corrected chi connectivity index (χ3v) is 16.2. The number of ether oxygens (including phenoxy) is 4. The molecule has 2 atom stereocenters. The van der Waals surface area contributed by atoms with Crippen molar-refractivity contribution in [2.75, 3.05) is 47.5 Å². The van der Waals surface area contributed by atoms with Crippen molar-refractivity contribution in [3.05, 3.63) is 182 Å². The summed E-state index contributed by atoms with van der Waals surface area (Å²) in [6, 6.07) is 0. The van der Waals surface area contributed by atoms with Crippen LogP contribution in [-0.2, 0) is 33.3 Å². The first kappa shape index (κ1) is 91.4. The minimum atomic E-state index is -1.53. The zero-order valence-corrected chi connectivity index (χ0v) is 62.7. The first-order valence-electron chi connectivity index (χ1n) is 38.9. The van der Waals surface area contributed by atoms with Crippen LogP contribution in [0.2, 0.25) is 0 Å². The van der Waals surface area contributed by atoms with Gasteiger partial charge in [-0.2, -0.15) is 0 Å². The predicted octanol–water partition coefficient (Wildman–Crippen LogP) is 25.1. The lowest BCUT2D eigenvalue weighted by molar-refractivity contribution is -0.870. The molecule has 548 valence electrons. The van der Waals surface area contributed by atoms with Crippen LogP contribution in [0.3, 0.4) is 0 Å².